The number of hydrogen-bond donors (Lipinski definition) is 2. The zero-order chi connectivity index (χ0) is 24.1. The third kappa shape index (κ3) is 3.82. The van der Waals surface area contributed by atoms with Crippen LogP contribution in [-0.2, 0) is 0 Å². The minimum atomic E-state index is -3.07. The van der Waals surface area contributed by atoms with Gasteiger partial charge < -0.3 is 14.8 Å². The van der Waals surface area contributed by atoms with Crippen LogP contribution in [0.4, 0.5) is 13.2 Å². The predicted molar refractivity (Wildman–Crippen MR) is 122 cm³/mol. The van der Waals surface area contributed by atoms with Crippen molar-refractivity contribution >= 4 is 22.6 Å². The van der Waals surface area contributed by atoms with Crippen LogP contribution in [-0.4, -0.2) is 37.6 Å². The Bertz CT molecular complexity index is 1360. The van der Waals surface area contributed by atoms with E-state index in [1.165, 1.54) is 0 Å². The molecule has 3 aromatic heterocycles. The second-order valence-electron chi connectivity index (χ2n) is 8.60. The van der Waals surface area contributed by atoms with Gasteiger partial charge in [-0.15, -0.1) is 0 Å². The number of nitrogens with one attached hydrogen (secondary N) is 1. The summed E-state index contributed by atoms with van der Waals surface area (Å²) in [5, 5.41) is 14.6. The standard InChI is InChI=1S/C24H22ClF3N4O2/c1-11(21-20(34-24(27)28)4-3-19(26)22(21)25)17-9-30-23-16(17)5-13(8-29-23)18-10-31-32(12(18)2)14-6-15(33)7-14/h3-5,8-11,14-15,24,33H,6-7H2,1-2H3,(H,29,30)/t11-,14?,15?/m0/s1. The molecule has 0 radical (unpaired) electrons. The number of aromatic nitrogens is 4. The lowest BCUT2D eigenvalue weighted by molar-refractivity contribution is -0.0505. The third-order valence-electron chi connectivity index (χ3n) is 6.56. The van der Waals surface area contributed by atoms with Gasteiger partial charge in [-0.05, 0) is 43.5 Å². The molecule has 0 spiro atoms. The Morgan fingerprint density at radius 1 is 1.26 bits per heavy atom. The number of fused-ring (bicyclic) bond motifs is 1. The molecule has 4 aromatic rings. The molecule has 1 saturated carbocycles. The number of alkyl halides is 2. The molecule has 1 aliphatic carbocycles. The molecule has 1 fully saturated rings. The van der Waals surface area contributed by atoms with Gasteiger partial charge in [-0.2, -0.15) is 13.9 Å². The van der Waals surface area contributed by atoms with Crippen molar-refractivity contribution in [1.82, 2.24) is 19.7 Å². The molecule has 178 valence electrons. The van der Waals surface area contributed by atoms with Crippen LogP contribution >= 0.6 is 11.6 Å². The number of hydrogen-bond acceptors (Lipinski definition) is 4. The molecule has 0 saturated heterocycles. The average Bonchev–Trinajstić information content (AvgIpc) is 3.36. The number of aliphatic hydroxyl groups excluding tert-OH is 1. The first kappa shape index (κ1) is 22.7. The van der Waals surface area contributed by atoms with Gasteiger partial charge in [0.2, 0.25) is 0 Å². The van der Waals surface area contributed by atoms with Gasteiger partial charge in [0.15, 0.2) is 0 Å². The highest BCUT2D eigenvalue weighted by Gasteiger charge is 2.31. The van der Waals surface area contributed by atoms with Gasteiger partial charge >= 0.3 is 6.61 Å². The molecule has 0 bridgehead atoms. The Labute approximate surface area is 198 Å². The van der Waals surface area contributed by atoms with E-state index in [4.69, 9.17) is 11.6 Å². The molecule has 6 nitrogen and oxygen atoms in total. The van der Waals surface area contributed by atoms with E-state index in [0.717, 1.165) is 34.3 Å². The van der Waals surface area contributed by atoms with Gasteiger partial charge in [-0.3, -0.25) is 4.68 Å². The van der Waals surface area contributed by atoms with Gasteiger partial charge in [0.05, 0.1) is 23.4 Å². The van der Waals surface area contributed by atoms with Crippen molar-refractivity contribution in [3.05, 3.63) is 64.5 Å². The maximum absolute atomic E-state index is 14.2. The normalized spacial score (nSPS) is 18.9. The summed E-state index contributed by atoms with van der Waals surface area (Å²) >= 11 is 6.20. The molecule has 0 unspecified atom stereocenters. The fourth-order valence-corrected chi connectivity index (χ4v) is 4.99. The van der Waals surface area contributed by atoms with E-state index in [2.05, 4.69) is 19.8 Å². The van der Waals surface area contributed by atoms with Crippen molar-refractivity contribution in [2.24, 2.45) is 0 Å². The number of ether oxygens (including phenoxy) is 1. The second kappa shape index (κ2) is 8.63. The van der Waals surface area contributed by atoms with Gasteiger partial charge in [-0.25, -0.2) is 9.37 Å². The van der Waals surface area contributed by atoms with Crippen LogP contribution in [0.5, 0.6) is 5.75 Å². The van der Waals surface area contributed by atoms with Crippen molar-refractivity contribution in [2.75, 3.05) is 0 Å². The number of aromatic amines is 1. The maximum Gasteiger partial charge on any atom is 0.387 e. The third-order valence-corrected chi connectivity index (χ3v) is 6.95. The van der Waals surface area contributed by atoms with E-state index in [-0.39, 0.29) is 28.5 Å². The highest BCUT2D eigenvalue weighted by molar-refractivity contribution is 6.31. The first-order valence-electron chi connectivity index (χ1n) is 10.9. The van der Waals surface area contributed by atoms with Crippen LogP contribution < -0.4 is 4.74 Å². The Hall–Kier alpha value is -3.04. The van der Waals surface area contributed by atoms with E-state index in [0.29, 0.717) is 24.1 Å². The van der Waals surface area contributed by atoms with Crippen molar-refractivity contribution < 1.29 is 23.0 Å². The largest absolute Gasteiger partial charge is 0.434 e. The highest BCUT2D eigenvalue weighted by atomic mass is 35.5. The number of aliphatic hydroxyl groups is 1. The zero-order valence-corrected chi connectivity index (χ0v) is 19.2. The molecule has 2 N–H and O–H groups in total. The molecule has 3 heterocycles. The van der Waals surface area contributed by atoms with Crippen LogP contribution in [0, 0.1) is 12.7 Å². The molecule has 0 amide bonds. The van der Waals surface area contributed by atoms with Gasteiger partial charge in [-0.1, -0.05) is 18.5 Å². The minimum Gasteiger partial charge on any atom is -0.434 e. The number of halogens is 4. The van der Waals surface area contributed by atoms with Crippen molar-refractivity contribution in [3.63, 3.8) is 0 Å². The Kier molecular flexibility index (Phi) is 5.77. The van der Waals surface area contributed by atoms with Gasteiger partial charge in [0.1, 0.15) is 17.2 Å². The fourth-order valence-electron chi connectivity index (χ4n) is 4.67. The first-order chi connectivity index (χ1) is 16.2. The number of pyridine rings is 1. The molecule has 1 aromatic carbocycles. The minimum absolute atomic E-state index is 0.140. The fraction of sp³-hybridized carbons (Fsp3) is 0.333. The lowest BCUT2D eigenvalue weighted by atomic mass is 9.89. The summed E-state index contributed by atoms with van der Waals surface area (Å²) in [6, 6.07) is 4.28. The van der Waals surface area contributed by atoms with Crippen LogP contribution in [0.25, 0.3) is 22.2 Å². The molecule has 0 aliphatic heterocycles. The molecule has 1 atom stereocenters. The summed E-state index contributed by atoms with van der Waals surface area (Å²) in [7, 11) is 0. The molecular weight excluding hydrogens is 469 g/mol. The average molecular weight is 491 g/mol. The quantitative estimate of drug-likeness (QED) is 0.349. The molecule has 1 aliphatic rings. The van der Waals surface area contributed by atoms with E-state index in [1.54, 1.807) is 25.5 Å². The number of benzene rings is 1. The molecule has 5 rings (SSSR count). The van der Waals surface area contributed by atoms with Crippen molar-refractivity contribution in [3.8, 4) is 16.9 Å². The Balaban J connectivity index is 1.56. The van der Waals surface area contributed by atoms with Gasteiger partial charge in [0.25, 0.3) is 0 Å². The highest BCUT2D eigenvalue weighted by Crippen LogP contribution is 2.42. The summed E-state index contributed by atoms with van der Waals surface area (Å²) in [6.07, 6.45) is 6.29. The molecular formula is C24H22ClF3N4O2. The SMILES string of the molecule is Cc1c(-c2cnc3[nH]cc([C@H](C)c4c(OC(F)F)ccc(F)c4Cl)c3c2)cnn1C1CC(O)C1. The van der Waals surface area contributed by atoms with Crippen molar-refractivity contribution in [2.45, 2.75) is 51.4 Å². The van der Waals surface area contributed by atoms with Crippen LogP contribution in [0.3, 0.4) is 0 Å². The van der Waals surface area contributed by atoms with Crippen LogP contribution in [0.1, 0.15) is 48.5 Å². The van der Waals surface area contributed by atoms with Gasteiger partial charge in [0, 0.05) is 46.1 Å². The van der Waals surface area contributed by atoms with E-state index < -0.39 is 18.3 Å². The Morgan fingerprint density at radius 3 is 2.74 bits per heavy atom. The summed E-state index contributed by atoms with van der Waals surface area (Å²) < 4.78 is 46.8. The zero-order valence-electron chi connectivity index (χ0n) is 18.4. The number of rotatable bonds is 6. The molecule has 34 heavy (non-hydrogen) atoms. The smallest absolute Gasteiger partial charge is 0.387 e. The van der Waals surface area contributed by atoms with E-state index in [9.17, 15) is 18.3 Å². The van der Waals surface area contributed by atoms with Crippen molar-refractivity contribution in [1.29, 1.82) is 0 Å². The number of nitrogens with zero attached hydrogens (tertiary/aromatic N) is 3. The summed E-state index contributed by atoms with van der Waals surface area (Å²) in [5.74, 6) is -1.46. The predicted octanol–water partition coefficient (Wildman–Crippen LogP) is 5.98. The maximum atomic E-state index is 14.2. The Morgan fingerprint density at radius 2 is 2.03 bits per heavy atom. The van der Waals surface area contributed by atoms with Crippen LogP contribution in [0.2, 0.25) is 5.02 Å². The van der Waals surface area contributed by atoms with Crippen LogP contribution in [0.15, 0.2) is 36.8 Å². The summed E-state index contributed by atoms with van der Waals surface area (Å²) in [6.45, 7) is 0.651. The molecule has 10 heteroatoms. The second-order valence-corrected chi connectivity index (χ2v) is 8.98. The first-order valence-corrected chi connectivity index (χ1v) is 11.2. The topological polar surface area (TPSA) is 76.0 Å². The summed E-state index contributed by atoms with van der Waals surface area (Å²) in [5.41, 5.74) is 4.15. The lowest BCUT2D eigenvalue weighted by Gasteiger charge is -2.32. The lowest BCUT2D eigenvalue weighted by Crippen LogP contribution is -2.31. The monoisotopic (exact) mass is 490 g/mol. The van der Waals surface area contributed by atoms with E-state index >= 15 is 0 Å². The summed E-state index contributed by atoms with van der Waals surface area (Å²) in [4.78, 5) is 7.60. The number of H-pyrrole nitrogens is 1. The van der Waals surface area contributed by atoms with E-state index in [1.807, 2.05) is 17.7 Å².